The first-order chi connectivity index (χ1) is 13.4. The van der Waals surface area contributed by atoms with Crippen LogP contribution in [0.3, 0.4) is 0 Å². The van der Waals surface area contributed by atoms with Gasteiger partial charge in [0.15, 0.2) is 0 Å². The normalized spacial score (nSPS) is 36.7. The number of hydrogen-bond acceptors (Lipinski definition) is 2. The lowest BCUT2D eigenvalue weighted by molar-refractivity contribution is -0.128. The Morgan fingerprint density at radius 1 is 1.04 bits per heavy atom. The van der Waals surface area contributed by atoms with Gasteiger partial charge in [-0.2, -0.15) is 0 Å². The van der Waals surface area contributed by atoms with Crippen LogP contribution in [0.4, 0.5) is 0 Å². The van der Waals surface area contributed by atoms with Crippen molar-refractivity contribution < 1.29 is 4.79 Å². The first kappa shape index (κ1) is 18.7. The summed E-state index contributed by atoms with van der Waals surface area (Å²) in [6.45, 7) is 4.89. The van der Waals surface area contributed by atoms with Crippen LogP contribution in [0.25, 0.3) is 0 Å². The molecule has 1 aliphatic heterocycles. The summed E-state index contributed by atoms with van der Waals surface area (Å²) in [6, 6.07) is 8.00. The van der Waals surface area contributed by atoms with Crippen LogP contribution in [0.5, 0.6) is 0 Å². The molecule has 6 rings (SSSR count). The Morgan fingerprint density at radius 2 is 1.61 bits per heavy atom. The van der Waals surface area contributed by atoms with E-state index in [0.29, 0.717) is 0 Å². The van der Waals surface area contributed by atoms with E-state index in [2.05, 4.69) is 29.3 Å². The zero-order valence-corrected chi connectivity index (χ0v) is 17.8. The first-order valence-electron chi connectivity index (χ1n) is 10.9. The van der Waals surface area contributed by atoms with E-state index in [-0.39, 0.29) is 17.6 Å². The van der Waals surface area contributed by atoms with Crippen LogP contribution < -0.4 is 5.32 Å². The summed E-state index contributed by atoms with van der Waals surface area (Å²) < 4.78 is 0. The smallest absolute Gasteiger partial charge is 0.251 e. The summed E-state index contributed by atoms with van der Waals surface area (Å²) in [5.41, 5.74) is 3.63. The fourth-order valence-electron chi connectivity index (χ4n) is 6.84. The van der Waals surface area contributed by atoms with Gasteiger partial charge in [0.2, 0.25) is 0 Å². The summed E-state index contributed by atoms with van der Waals surface area (Å²) in [6.07, 6.45) is 9.18. The van der Waals surface area contributed by atoms with Crippen LogP contribution >= 0.6 is 11.6 Å². The molecule has 1 unspecified atom stereocenters. The summed E-state index contributed by atoms with van der Waals surface area (Å²) >= 11 is 6.01. The molecule has 28 heavy (non-hydrogen) atoms. The fourth-order valence-corrected chi connectivity index (χ4v) is 6.96. The average Bonchev–Trinajstić information content (AvgIpc) is 2.84. The maximum atomic E-state index is 13.0. The molecule has 0 radical (unpaired) electrons. The molecule has 5 aliphatic rings. The molecule has 1 N–H and O–H groups in total. The van der Waals surface area contributed by atoms with Gasteiger partial charge in [-0.1, -0.05) is 23.7 Å². The van der Waals surface area contributed by atoms with E-state index in [1.807, 2.05) is 19.1 Å². The minimum absolute atomic E-state index is 0.0658. The van der Waals surface area contributed by atoms with E-state index in [1.54, 1.807) is 0 Å². The second-order valence-corrected chi connectivity index (χ2v) is 10.4. The van der Waals surface area contributed by atoms with Gasteiger partial charge >= 0.3 is 0 Å². The van der Waals surface area contributed by atoms with Crippen molar-refractivity contribution in [1.82, 2.24) is 10.2 Å². The molecule has 1 heterocycles. The number of hydrogen-bond donors (Lipinski definition) is 1. The van der Waals surface area contributed by atoms with E-state index in [9.17, 15) is 4.79 Å². The second-order valence-electron chi connectivity index (χ2n) is 9.93. The summed E-state index contributed by atoms with van der Waals surface area (Å²) in [7, 11) is 0. The molecule has 1 atom stereocenters. The van der Waals surface area contributed by atoms with Crippen LogP contribution in [-0.4, -0.2) is 29.1 Å². The molecule has 0 saturated heterocycles. The number of halogens is 1. The molecule has 1 aromatic carbocycles. The van der Waals surface area contributed by atoms with Crippen molar-refractivity contribution in [2.45, 2.75) is 70.5 Å². The number of benzene rings is 1. The predicted octanol–water partition coefficient (Wildman–Crippen LogP) is 4.95. The SMILES string of the molecule is CC1=C(C)C(NC23CC4CC(CC(C4)C2)C3)N(CCc2ccc(Cl)cc2)C1=O. The van der Waals surface area contributed by atoms with Crippen LogP contribution in [0.2, 0.25) is 5.02 Å². The summed E-state index contributed by atoms with van der Waals surface area (Å²) in [4.78, 5) is 15.1. The molecule has 0 spiro atoms. The molecule has 3 nitrogen and oxygen atoms in total. The standard InChI is InChI=1S/C24H31ClN2O/c1-15-16(2)23(28)27(8-7-17-3-5-21(25)6-4-17)22(15)26-24-12-18-9-19(13-24)11-20(10-18)14-24/h3-6,18-20,22,26H,7-14H2,1-2H3. The van der Waals surface area contributed by atoms with Gasteiger partial charge in [-0.25, -0.2) is 0 Å². The van der Waals surface area contributed by atoms with Crippen LogP contribution in [0.15, 0.2) is 35.4 Å². The molecule has 4 saturated carbocycles. The second kappa shape index (κ2) is 6.88. The lowest BCUT2D eigenvalue weighted by atomic mass is 9.53. The van der Waals surface area contributed by atoms with Crippen molar-refractivity contribution in [3.63, 3.8) is 0 Å². The Bertz CT molecular complexity index is 777. The highest BCUT2D eigenvalue weighted by molar-refractivity contribution is 6.30. The molecule has 150 valence electrons. The third-order valence-corrected chi connectivity index (χ3v) is 8.18. The zero-order chi connectivity index (χ0) is 19.5. The predicted molar refractivity (Wildman–Crippen MR) is 113 cm³/mol. The van der Waals surface area contributed by atoms with E-state index in [1.165, 1.54) is 49.7 Å². The van der Waals surface area contributed by atoms with Crippen molar-refractivity contribution >= 4 is 17.5 Å². The minimum atomic E-state index is 0.0658. The van der Waals surface area contributed by atoms with E-state index in [4.69, 9.17) is 11.6 Å². The Morgan fingerprint density at radius 3 is 2.18 bits per heavy atom. The molecule has 4 bridgehead atoms. The molecule has 0 aromatic heterocycles. The van der Waals surface area contributed by atoms with Gasteiger partial charge < -0.3 is 4.90 Å². The molecular formula is C24H31ClN2O. The van der Waals surface area contributed by atoms with Gasteiger partial charge in [0.05, 0.1) is 0 Å². The minimum Gasteiger partial charge on any atom is -0.319 e. The quantitative estimate of drug-likeness (QED) is 0.761. The third-order valence-electron chi connectivity index (χ3n) is 7.93. The van der Waals surface area contributed by atoms with E-state index in [0.717, 1.165) is 41.3 Å². The number of amides is 1. The van der Waals surface area contributed by atoms with Crippen molar-refractivity contribution in [1.29, 1.82) is 0 Å². The monoisotopic (exact) mass is 398 g/mol. The number of rotatable bonds is 5. The van der Waals surface area contributed by atoms with Gasteiger partial charge in [0.25, 0.3) is 5.91 Å². The van der Waals surface area contributed by atoms with Crippen molar-refractivity contribution in [3.05, 3.63) is 46.0 Å². The molecule has 1 aromatic rings. The van der Waals surface area contributed by atoms with Gasteiger partial charge in [0.1, 0.15) is 6.17 Å². The number of carbonyl (C=O) groups is 1. The summed E-state index contributed by atoms with van der Waals surface area (Å²) in [5, 5.41) is 4.82. The van der Waals surface area contributed by atoms with Crippen LogP contribution in [0.1, 0.15) is 57.9 Å². The molecule has 4 fully saturated rings. The Balaban J connectivity index is 1.34. The Hall–Kier alpha value is -1.32. The fraction of sp³-hybridized carbons (Fsp3) is 0.625. The lowest BCUT2D eigenvalue weighted by Gasteiger charge is -2.58. The highest BCUT2D eigenvalue weighted by Gasteiger charge is 2.52. The van der Waals surface area contributed by atoms with Crippen LogP contribution in [-0.2, 0) is 11.2 Å². The van der Waals surface area contributed by atoms with Gasteiger partial charge in [-0.05, 0) is 99.8 Å². The van der Waals surface area contributed by atoms with Gasteiger partial charge in [0, 0.05) is 22.7 Å². The maximum Gasteiger partial charge on any atom is 0.251 e. The number of nitrogens with one attached hydrogen (secondary N) is 1. The maximum absolute atomic E-state index is 13.0. The highest BCUT2D eigenvalue weighted by atomic mass is 35.5. The highest BCUT2D eigenvalue weighted by Crippen LogP contribution is 2.56. The largest absolute Gasteiger partial charge is 0.319 e. The topological polar surface area (TPSA) is 32.3 Å². The zero-order valence-electron chi connectivity index (χ0n) is 17.0. The van der Waals surface area contributed by atoms with E-state index < -0.39 is 0 Å². The molecule has 1 amide bonds. The van der Waals surface area contributed by atoms with Crippen molar-refractivity contribution in [2.24, 2.45) is 17.8 Å². The van der Waals surface area contributed by atoms with Gasteiger partial charge in [-0.3, -0.25) is 10.1 Å². The third kappa shape index (κ3) is 3.21. The lowest BCUT2D eigenvalue weighted by Crippen LogP contribution is -2.63. The number of carbonyl (C=O) groups excluding carboxylic acids is 1. The van der Waals surface area contributed by atoms with Crippen molar-refractivity contribution in [3.8, 4) is 0 Å². The molecule has 4 heteroatoms. The van der Waals surface area contributed by atoms with Crippen molar-refractivity contribution in [2.75, 3.05) is 6.54 Å². The van der Waals surface area contributed by atoms with Gasteiger partial charge in [-0.15, -0.1) is 0 Å². The first-order valence-corrected chi connectivity index (χ1v) is 11.3. The molecular weight excluding hydrogens is 368 g/mol. The average molecular weight is 399 g/mol. The van der Waals surface area contributed by atoms with E-state index >= 15 is 0 Å². The van der Waals surface area contributed by atoms with Crippen LogP contribution in [0, 0.1) is 17.8 Å². The summed E-state index contributed by atoms with van der Waals surface area (Å²) in [5.74, 6) is 2.92. The number of nitrogens with zero attached hydrogens (tertiary/aromatic N) is 1. The Labute approximate surface area is 173 Å². The Kier molecular flexibility index (Phi) is 4.59. The molecule has 4 aliphatic carbocycles.